The van der Waals surface area contributed by atoms with Crippen LogP contribution in [-0.2, 0) is 6.61 Å². The summed E-state index contributed by atoms with van der Waals surface area (Å²) in [6.07, 6.45) is 1.67. The van der Waals surface area contributed by atoms with Gasteiger partial charge >= 0.3 is 0 Å². The number of H-pyrrole nitrogens is 1. The van der Waals surface area contributed by atoms with E-state index in [1.807, 2.05) is 43.3 Å². The molecule has 0 spiro atoms. The Labute approximate surface area is 130 Å². The van der Waals surface area contributed by atoms with Gasteiger partial charge < -0.3 is 9.72 Å². The van der Waals surface area contributed by atoms with Gasteiger partial charge in [0.2, 0.25) is 5.43 Å². The van der Waals surface area contributed by atoms with Gasteiger partial charge in [0, 0.05) is 6.20 Å². The van der Waals surface area contributed by atoms with E-state index in [9.17, 15) is 4.79 Å². The van der Waals surface area contributed by atoms with E-state index in [1.165, 1.54) is 0 Å². The van der Waals surface area contributed by atoms with Crippen LogP contribution >= 0.6 is 15.9 Å². The molecule has 1 heterocycles. The van der Waals surface area contributed by atoms with Gasteiger partial charge in [0.25, 0.3) is 0 Å². The summed E-state index contributed by atoms with van der Waals surface area (Å²) >= 11 is 3.26. The molecule has 0 saturated carbocycles. The van der Waals surface area contributed by atoms with Crippen molar-refractivity contribution in [2.45, 2.75) is 13.5 Å². The van der Waals surface area contributed by atoms with Crippen LogP contribution in [0.1, 0.15) is 11.1 Å². The maximum atomic E-state index is 12.2. The molecule has 2 aromatic carbocycles. The molecular weight excluding hydrogens is 330 g/mol. The van der Waals surface area contributed by atoms with Gasteiger partial charge in [-0.1, -0.05) is 30.3 Å². The van der Waals surface area contributed by atoms with E-state index < -0.39 is 0 Å². The van der Waals surface area contributed by atoms with Crippen LogP contribution in [-0.4, -0.2) is 4.98 Å². The maximum Gasteiger partial charge on any atom is 0.203 e. The summed E-state index contributed by atoms with van der Waals surface area (Å²) in [6, 6.07) is 13.7. The normalized spacial score (nSPS) is 10.8. The number of fused-ring (bicyclic) bond motifs is 1. The zero-order chi connectivity index (χ0) is 14.8. The highest BCUT2D eigenvalue weighted by molar-refractivity contribution is 9.10. The molecule has 0 unspecified atom stereocenters. The van der Waals surface area contributed by atoms with Crippen molar-refractivity contribution in [3.05, 3.63) is 74.5 Å². The van der Waals surface area contributed by atoms with E-state index in [-0.39, 0.29) is 5.43 Å². The van der Waals surface area contributed by atoms with Crippen molar-refractivity contribution < 1.29 is 4.74 Å². The summed E-state index contributed by atoms with van der Waals surface area (Å²) in [7, 11) is 0. The largest absolute Gasteiger partial charge is 0.489 e. The smallest absolute Gasteiger partial charge is 0.203 e. The highest BCUT2D eigenvalue weighted by Crippen LogP contribution is 2.23. The zero-order valence-electron chi connectivity index (χ0n) is 11.5. The monoisotopic (exact) mass is 343 g/mol. The summed E-state index contributed by atoms with van der Waals surface area (Å²) in [4.78, 5) is 15.3. The van der Waals surface area contributed by atoms with Crippen LogP contribution in [0.5, 0.6) is 5.75 Å². The number of aromatic nitrogens is 1. The minimum atomic E-state index is -0.0305. The Morgan fingerprint density at radius 1 is 1.19 bits per heavy atom. The third-order valence-corrected chi connectivity index (χ3v) is 3.95. The number of pyridine rings is 1. The number of nitrogens with one attached hydrogen (secondary N) is 1. The van der Waals surface area contributed by atoms with Crippen molar-refractivity contribution in [2.75, 3.05) is 0 Å². The lowest BCUT2D eigenvalue weighted by molar-refractivity contribution is 0.306. The number of ether oxygens (including phenoxy) is 1. The van der Waals surface area contributed by atoms with Gasteiger partial charge in [-0.3, -0.25) is 4.79 Å². The number of aryl methyl sites for hydroxylation is 1. The van der Waals surface area contributed by atoms with Gasteiger partial charge in [0.1, 0.15) is 12.4 Å². The van der Waals surface area contributed by atoms with E-state index in [2.05, 4.69) is 20.9 Å². The third-order valence-electron chi connectivity index (χ3n) is 3.36. The molecule has 1 N–H and O–H groups in total. The molecule has 1 aromatic heterocycles. The van der Waals surface area contributed by atoms with Crippen molar-refractivity contribution in [3.63, 3.8) is 0 Å². The average Bonchev–Trinajstić information content (AvgIpc) is 2.50. The Morgan fingerprint density at radius 2 is 1.95 bits per heavy atom. The molecule has 0 saturated heterocycles. The number of benzene rings is 2. The SMILES string of the molecule is Cc1cc(OCc2ccccc2)cc2c(=O)c(Br)c[nH]c12. The van der Waals surface area contributed by atoms with Gasteiger partial charge in [0.15, 0.2) is 0 Å². The molecular formula is C17H14BrNO2. The predicted octanol–water partition coefficient (Wildman–Crippen LogP) is 4.18. The number of halogens is 1. The standard InChI is InChI=1S/C17H14BrNO2/c1-11-7-13(21-10-12-5-3-2-4-6-12)8-14-16(11)19-9-15(18)17(14)20/h2-9H,10H2,1H3,(H,19,20). The van der Waals surface area contributed by atoms with Gasteiger partial charge in [-0.15, -0.1) is 0 Å². The molecule has 3 nitrogen and oxygen atoms in total. The van der Waals surface area contributed by atoms with Crippen LogP contribution < -0.4 is 10.2 Å². The van der Waals surface area contributed by atoms with E-state index in [0.29, 0.717) is 22.2 Å². The lowest BCUT2D eigenvalue weighted by atomic mass is 10.1. The number of hydrogen-bond donors (Lipinski definition) is 1. The van der Waals surface area contributed by atoms with Crippen LogP contribution in [0.15, 0.2) is 57.9 Å². The van der Waals surface area contributed by atoms with Gasteiger partial charge in [0.05, 0.1) is 15.4 Å². The molecule has 3 aromatic rings. The molecule has 0 bridgehead atoms. The zero-order valence-corrected chi connectivity index (χ0v) is 13.1. The topological polar surface area (TPSA) is 42.1 Å². The van der Waals surface area contributed by atoms with Crippen molar-refractivity contribution in [1.29, 1.82) is 0 Å². The number of aromatic amines is 1. The van der Waals surface area contributed by atoms with Gasteiger partial charge in [-0.25, -0.2) is 0 Å². The molecule has 21 heavy (non-hydrogen) atoms. The summed E-state index contributed by atoms with van der Waals surface area (Å²) in [5.41, 5.74) is 2.89. The van der Waals surface area contributed by atoms with Crippen LogP contribution in [0, 0.1) is 6.92 Å². The molecule has 3 rings (SSSR count). The molecule has 0 aliphatic heterocycles. The summed E-state index contributed by atoms with van der Waals surface area (Å²) in [6.45, 7) is 2.44. The van der Waals surface area contributed by atoms with E-state index in [0.717, 1.165) is 16.6 Å². The Morgan fingerprint density at radius 3 is 2.71 bits per heavy atom. The fourth-order valence-corrected chi connectivity index (χ4v) is 2.61. The molecule has 0 amide bonds. The first kappa shape index (κ1) is 13.9. The summed E-state index contributed by atoms with van der Waals surface area (Å²) in [5.74, 6) is 0.701. The van der Waals surface area contributed by atoms with Gasteiger partial charge in [-0.05, 0) is 46.1 Å². The van der Waals surface area contributed by atoms with Crippen molar-refractivity contribution in [1.82, 2.24) is 4.98 Å². The van der Waals surface area contributed by atoms with Crippen LogP contribution in [0.3, 0.4) is 0 Å². The highest BCUT2D eigenvalue weighted by Gasteiger charge is 2.08. The first-order chi connectivity index (χ1) is 10.1. The molecule has 4 heteroatoms. The third kappa shape index (κ3) is 2.85. The fourth-order valence-electron chi connectivity index (χ4n) is 2.28. The molecule has 0 aliphatic carbocycles. The lowest BCUT2D eigenvalue weighted by Gasteiger charge is -2.09. The van der Waals surface area contributed by atoms with Crippen molar-refractivity contribution in [3.8, 4) is 5.75 Å². The number of rotatable bonds is 3. The maximum absolute atomic E-state index is 12.2. The second kappa shape index (κ2) is 5.74. The molecule has 0 fully saturated rings. The predicted molar refractivity (Wildman–Crippen MR) is 87.8 cm³/mol. The Bertz CT molecular complexity index is 841. The fraction of sp³-hybridized carbons (Fsp3) is 0.118. The quantitative estimate of drug-likeness (QED) is 0.775. The highest BCUT2D eigenvalue weighted by atomic mass is 79.9. The van der Waals surface area contributed by atoms with Crippen LogP contribution in [0.25, 0.3) is 10.9 Å². The number of hydrogen-bond acceptors (Lipinski definition) is 2. The summed E-state index contributed by atoms with van der Waals surface area (Å²) in [5, 5.41) is 0.632. The van der Waals surface area contributed by atoms with E-state index in [1.54, 1.807) is 12.3 Å². The first-order valence-corrected chi connectivity index (χ1v) is 7.43. The summed E-state index contributed by atoms with van der Waals surface area (Å²) < 4.78 is 6.33. The molecule has 106 valence electrons. The molecule has 0 aliphatic rings. The van der Waals surface area contributed by atoms with Crippen molar-refractivity contribution >= 4 is 26.8 Å². The lowest BCUT2D eigenvalue weighted by Crippen LogP contribution is -2.05. The molecule has 0 radical (unpaired) electrons. The second-order valence-corrected chi connectivity index (χ2v) is 5.76. The van der Waals surface area contributed by atoms with E-state index >= 15 is 0 Å². The Kier molecular flexibility index (Phi) is 3.80. The minimum absolute atomic E-state index is 0.0305. The Hall–Kier alpha value is -2.07. The second-order valence-electron chi connectivity index (χ2n) is 4.90. The van der Waals surface area contributed by atoms with E-state index in [4.69, 9.17) is 4.74 Å². The first-order valence-electron chi connectivity index (χ1n) is 6.63. The van der Waals surface area contributed by atoms with Crippen LogP contribution in [0.4, 0.5) is 0 Å². The van der Waals surface area contributed by atoms with Gasteiger partial charge in [-0.2, -0.15) is 0 Å². The average molecular weight is 344 g/mol. The minimum Gasteiger partial charge on any atom is -0.489 e. The molecule has 0 atom stereocenters. The Balaban J connectivity index is 1.96. The van der Waals surface area contributed by atoms with Crippen LogP contribution in [0.2, 0.25) is 0 Å². The van der Waals surface area contributed by atoms with Crippen molar-refractivity contribution in [2.24, 2.45) is 0 Å².